The predicted molar refractivity (Wildman–Crippen MR) is 109 cm³/mol. The quantitative estimate of drug-likeness (QED) is 0.242. The topological polar surface area (TPSA) is 109 Å². The van der Waals surface area contributed by atoms with Crippen LogP contribution in [0.25, 0.3) is 17.4 Å². The maximum atomic E-state index is 12.4. The Morgan fingerprint density at radius 1 is 1.14 bits per heavy atom. The standard InChI is InChI=1S/C20H11Cl2N3O4/c21-15-5-3-6-16(19(15)22)24-20(26)12(11-23)10-13-8-9-18(29-13)14-4-1-2-7-17(14)25(27)28/h1-10H,(H,24,26)/b12-10+. The average Bonchev–Trinajstić information content (AvgIpc) is 3.18. The molecule has 0 unspecified atom stereocenters. The molecule has 29 heavy (non-hydrogen) atoms. The fourth-order valence-electron chi connectivity index (χ4n) is 2.50. The van der Waals surface area contributed by atoms with Gasteiger partial charge in [0, 0.05) is 12.1 Å². The van der Waals surface area contributed by atoms with Crippen molar-refractivity contribution in [2.75, 3.05) is 5.32 Å². The van der Waals surface area contributed by atoms with E-state index in [0.29, 0.717) is 0 Å². The van der Waals surface area contributed by atoms with Crippen molar-refractivity contribution in [3.05, 3.63) is 86.1 Å². The van der Waals surface area contributed by atoms with Gasteiger partial charge in [0.15, 0.2) is 0 Å². The largest absolute Gasteiger partial charge is 0.456 e. The molecular weight excluding hydrogens is 417 g/mol. The number of nitriles is 1. The summed E-state index contributed by atoms with van der Waals surface area (Å²) in [4.78, 5) is 23.1. The van der Waals surface area contributed by atoms with Gasteiger partial charge in [-0.2, -0.15) is 5.26 Å². The van der Waals surface area contributed by atoms with Gasteiger partial charge in [-0.15, -0.1) is 0 Å². The van der Waals surface area contributed by atoms with Crippen molar-refractivity contribution in [1.29, 1.82) is 5.26 Å². The molecule has 2 aromatic carbocycles. The molecule has 7 nitrogen and oxygen atoms in total. The minimum atomic E-state index is -0.708. The molecule has 144 valence electrons. The van der Waals surface area contributed by atoms with E-state index in [4.69, 9.17) is 27.6 Å². The Morgan fingerprint density at radius 2 is 1.90 bits per heavy atom. The third-order valence-corrected chi connectivity index (χ3v) is 4.66. The lowest BCUT2D eigenvalue weighted by atomic mass is 10.1. The molecule has 0 atom stereocenters. The molecule has 0 spiro atoms. The van der Waals surface area contributed by atoms with Crippen LogP contribution in [0.4, 0.5) is 11.4 Å². The van der Waals surface area contributed by atoms with Gasteiger partial charge in [-0.05, 0) is 30.3 Å². The summed E-state index contributed by atoms with van der Waals surface area (Å²) in [5.41, 5.74) is 0.173. The fourth-order valence-corrected chi connectivity index (χ4v) is 2.84. The van der Waals surface area contributed by atoms with Gasteiger partial charge in [-0.25, -0.2) is 0 Å². The first-order valence-electron chi connectivity index (χ1n) is 8.11. The van der Waals surface area contributed by atoms with Crippen LogP contribution in [0.5, 0.6) is 0 Å². The number of carbonyl (C=O) groups excluding carboxylic acids is 1. The highest BCUT2D eigenvalue weighted by Crippen LogP contribution is 2.32. The number of nitrogens with zero attached hydrogens (tertiary/aromatic N) is 2. The molecule has 0 aliphatic carbocycles. The first-order valence-corrected chi connectivity index (χ1v) is 8.87. The van der Waals surface area contributed by atoms with Gasteiger partial charge >= 0.3 is 0 Å². The second-order valence-corrected chi connectivity index (χ2v) is 6.49. The second-order valence-electron chi connectivity index (χ2n) is 5.70. The average molecular weight is 428 g/mol. The van der Waals surface area contributed by atoms with Crippen LogP contribution in [-0.2, 0) is 4.79 Å². The van der Waals surface area contributed by atoms with Crippen LogP contribution < -0.4 is 5.32 Å². The molecule has 0 aliphatic heterocycles. The Kier molecular flexibility index (Phi) is 5.98. The van der Waals surface area contributed by atoms with Crippen molar-refractivity contribution in [2.24, 2.45) is 0 Å². The first-order chi connectivity index (χ1) is 13.9. The van der Waals surface area contributed by atoms with Crippen molar-refractivity contribution in [3.8, 4) is 17.4 Å². The van der Waals surface area contributed by atoms with E-state index in [9.17, 15) is 20.2 Å². The lowest BCUT2D eigenvalue weighted by molar-refractivity contribution is -0.384. The second kappa shape index (κ2) is 8.61. The monoisotopic (exact) mass is 427 g/mol. The van der Waals surface area contributed by atoms with E-state index in [2.05, 4.69) is 5.32 Å². The summed E-state index contributed by atoms with van der Waals surface area (Å²) < 4.78 is 5.58. The fraction of sp³-hybridized carbons (Fsp3) is 0. The zero-order valence-corrected chi connectivity index (χ0v) is 16.1. The highest BCUT2D eigenvalue weighted by molar-refractivity contribution is 6.44. The van der Waals surface area contributed by atoms with Crippen LogP contribution in [0.3, 0.4) is 0 Å². The lowest BCUT2D eigenvalue weighted by Gasteiger charge is -2.07. The van der Waals surface area contributed by atoms with Crippen LogP contribution in [0.1, 0.15) is 5.76 Å². The molecule has 0 aliphatic rings. The first kappa shape index (κ1) is 20.1. The number of hydrogen-bond donors (Lipinski definition) is 1. The third-order valence-electron chi connectivity index (χ3n) is 3.84. The van der Waals surface area contributed by atoms with Crippen molar-refractivity contribution in [3.63, 3.8) is 0 Å². The number of para-hydroxylation sites is 1. The minimum absolute atomic E-state index is 0.119. The number of rotatable bonds is 5. The zero-order valence-electron chi connectivity index (χ0n) is 14.6. The molecule has 9 heteroatoms. The number of hydrogen-bond acceptors (Lipinski definition) is 5. The summed E-state index contributed by atoms with van der Waals surface area (Å²) in [5, 5.41) is 23.4. The third kappa shape index (κ3) is 4.46. The van der Waals surface area contributed by atoms with E-state index in [0.717, 1.165) is 0 Å². The molecule has 1 aromatic heterocycles. The van der Waals surface area contributed by atoms with Gasteiger partial charge in [0.05, 0.1) is 26.2 Å². The van der Waals surface area contributed by atoms with E-state index >= 15 is 0 Å². The van der Waals surface area contributed by atoms with E-state index in [-0.39, 0.29) is 44.1 Å². The minimum Gasteiger partial charge on any atom is -0.456 e. The number of nitro benzene ring substituents is 1. The smallest absolute Gasteiger partial charge is 0.280 e. The number of carbonyl (C=O) groups is 1. The van der Waals surface area contributed by atoms with Crippen molar-refractivity contribution < 1.29 is 14.1 Å². The Bertz CT molecular complexity index is 1180. The van der Waals surface area contributed by atoms with Crippen molar-refractivity contribution >= 4 is 46.6 Å². The molecule has 0 saturated heterocycles. The zero-order chi connectivity index (χ0) is 21.0. The van der Waals surface area contributed by atoms with Crippen LogP contribution in [-0.4, -0.2) is 10.8 Å². The molecule has 1 amide bonds. The van der Waals surface area contributed by atoms with Crippen molar-refractivity contribution in [1.82, 2.24) is 0 Å². The Morgan fingerprint density at radius 3 is 2.62 bits per heavy atom. The van der Waals surface area contributed by atoms with Crippen LogP contribution in [0.2, 0.25) is 10.0 Å². The summed E-state index contributed by atoms with van der Waals surface area (Å²) in [5.74, 6) is -0.290. The van der Waals surface area contributed by atoms with E-state index < -0.39 is 10.8 Å². The number of nitrogens with one attached hydrogen (secondary N) is 1. The molecule has 0 radical (unpaired) electrons. The van der Waals surface area contributed by atoms with Crippen LogP contribution in [0.15, 0.2) is 64.6 Å². The summed E-state index contributed by atoms with van der Waals surface area (Å²) in [6.45, 7) is 0. The highest BCUT2D eigenvalue weighted by atomic mass is 35.5. The number of benzene rings is 2. The van der Waals surface area contributed by atoms with Crippen molar-refractivity contribution in [2.45, 2.75) is 0 Å². The van der Waals surface area contributed by atoms with E-state index in [1.807, 2.05) is 0 Å². The molecule has 0 fully saturated rings. The summed E-state index contributed by atoms with van der Waals surface area (Å²) in [6, 6.07) is 15.6. The number of amides is 1. The molecule has 1 heterocycles. The summed E-state index contributed by atoms with van der Waals surface area (Å²) in [6.07, 6.45) is 1.23. The van der Waals surface area contributed by atoms with Crippen LogP contribution >= 0.6 is 23.2 Å². The van der Waals surface area contributed by atoms with Crippen LogP contribution in [0, 0.1) is 21.4 Å². The molecule has 1 N–H and O–H groups in total. The SMILES string of the molecule is N#C/C(=C\c1ccc(-c2ccccc2[N+](=O)[O-])o1)C(=O)Nc1cccc(Cl)c1Cl. The Balaban J connectivity index is 1.88. The van der Waals surface area contributed by atoms with E-state index in [1.165, 1.54) is 24.3 Å². The molecule has 3 rings (SSSR count). The maximum absolute atomic E-state index is 12.4. The molecule has 0 saturated carbocycles. The maximum Gasteiger partial charge on any atom is 0.280 e. The van der Waals surface area contributed by atoms with Gasteiger partial charge in [0.25, 0.3) is 11.6 Å². The number of halogens is 2. The van der Waals surface area contributed by atoms with Gasteiger partial charge in [0.1, 0.15) is 23.2 Å². The summed E-state index contributed by atoms with van der Waals surface area (Å²) >= 11 is 11.9. The number of furan rings is 1. The predicted octanol–water partition coefficient (Wildman–Crippen LogP) is 5.71. The summed E-state index contributed by atoms with van der Waals surface area (Å²) in [7, 11) is 0. The Hall–Kier alpha value is -3.60. The number of anilines is 1. The normalized spacial score (nSPS) is 11.0. The van der Waals surface area contributed by atoms with Gasteiger partial charge < -0.3 is 9.73 Å². The molecule has 3 aromatic rings. The lowest BCUT2D eigenvalue weighted by Crippen LogP contribution is -2.13. The van der Waals surface area contributed by atoms with Gasteiger partial charge in [0.2, 0.25) is 0 Å². The molecule has 0 bridgehead atoms. The Labute approximate surface area is 174 Å². The highest BCUT2D eigenvalue weighted by Gasteiger charge is 2.18. The van der Waals surface area contributed by atoms with Gasteiger partial charge in [-0.3, -0.25) is 14.9 Å². The van der Waals surface area contributed by atoms with Gasteiger partial charge in [-0.1, -0.05) is 41.4 Å². The molecular formula is C20H11Cl2N3O4. The number of nitro groups is 1. The van der Waals surface area contributed by atoms with E-state index in [1.54, 1.807) is 42.5 Å².